The molecule has 1 heterocycles. The van der Waals surface area contributed by atoms with E-state index in [9.17, 15) is 14.4 Å². The number of hydrogen-bond acceptors (Lipinski definition) is 5. The Morgan fingerprint density at radius 1 is 0.821 bits per heavy atom. The molecule has 202 valence electrons. The van der Waals surface area contributed by atoms with Gasteiger partial charge in [0.25, 0.3) is 11.8 Å². The Hall–Kier alpha value is -3.71. The summed E-state index contributed by atoms with van der Waals surface area (Å²) in [5.74, 6) is -0.695. The molecular weight excluding hydrogens is 492 g/mol. The fraction of sp³-hybridized carbons (Fsp3) is 0.406. The van der Waals surface area contributed by atoms with Crippen molar-refractivity contribution in [3.8, 4) is 5.75 Å². The van der Waals surface area contributed by atoms with Crippen molar-refractivity contribution in [2.45, 2.75) is 82.1 Å². The Labute approximate surface area is 228 Å². The van der Waals surface area contributed by atoms with Gasteiger partial charge in [-0.3, -0.25) is 19.3 Å². The van der Waals surface area contributed by atoms with E-state index in [4.69, 9.17) is 15.2 Å². The van der Waals surface area contributed by atoms with Gasteiger partial charge in [-0.25, -0.2) is 0 Å². The number of nitrogens with zero attached hydrogens (tertiary/aromatic N) is 1. The summed E-state index contributed by atoms with van der Waals surface area (Å²) < 4.78 is 12.7. The van der Waals surface area contributed by atoms with E-state index in [2.05, 4.69) is 0 Å². The first-order valence-electron chi connectivity index (χ1n) is 14.1. The fourth-order valence-corrected chi connectivity index (χ4v) is 6.37. The number of fused-ring (bicyclic) bond motifs is 2. The van der Waals surface area contributed by atoms with Crippen molar-refractivity contribution in [1.82, 2.24) is 4.90 Å². The third-order valence-corrected chi connectivity index (χ3v) is 8.32. The largest absolute Gasteiger partial charge is 0.490 e. The highest BCUT2D eigenvalue weighted by Gasteiger charge is 2.41. The quantitative estimate of drug-likeness (QED) is 0.380. The van der Waals surface area contributed by atoms with Crippen LogP contribution in [0.25, 0.3) is 10.8 Å². The standard InChI is InChI=1S/C32H34N2O5/c33-30(35)19-29(34-31(36)27-16-21-6-1-2-7-22(21)17-28(27)32(34)37)20-12-14-24(15-13-20)39-26-11-5-10-25(18-26)38-23-8-3-4-9-23/h1-2,6-7,12-17,23,25-26,29H,3-5,8-11,18-19H2,(H2,33,35). The van der Waals surface area contributed by atoms with E-state index < -0.39 is 23.8 Å². The van der Waals surface area contributed by atoms with Crippen LogP contribution in [0.15, 0.2) is 60.7 Å². The van der Waals surface area contributed by atoms with Crippen molar-refractivity contribution in [2.24, 2.45) is 5.73 Å². The van der Waals surface area contributed by atoms with Crippen LogP contribution in [-0.4, -0.2) is 40.9 Å². The van der Waals surface area contributed by atoms with E-state index in [1.54, 1.807) is 12.1 Å². The van der Waals surface area contributed by atoms with Crippen molar-refractivity contribution in [2.75, 3.05) is 0 Å². The molecule has 3 atom stereocenters. The number of carbonyl (C=O) groups is 3. The fourth-order valence-electron chi connectivity index (χ4n) is 6.37. The highest BCUT2D eigenvalue weighted by molar-refractivity contribution is 6.23. The molecule has 0 aromatic heterocycles. The molecule has 7 nitrogen and oxygen atoms in total. The van der Waals surface area contributed by atoms with Crippen LogP contribution in [-0.2, 0) is 9.53 Å². The Kier molecular flexibility index (Phi) is 7.09. The zero-order chi connectivity index (χ0) is 26.9. The molecular formula is C32H34N2O5. The first-order chi connectivity index (χ1) is 19.0. The van der Waals surface area contributed by atoms with E-state index in [1.807, 2.05) is 48.5 Å². The van der Waals surface area contributed by atoms with Crippen LogP contribution >= 0.6 is 0 Å². The van der Waals surface area contributed by atoms with E-state index in [0.717, 1.165) is 42.2 Å². The summed E-state index contributed by atoms with van der Waals surface area (Å²) in [6.07, 6.45) is 9.46. The van der Waals surface area contributed by atoms with E-state index in [-0.39, 0.29) is 18.6 Å². The van der Waals surface area contributed by atoms with Gasteiger partial charge in [-0.1, -0.05) is 49.2 Å². The number of carbonyl (C=O) groups excluding carboxylic acids is 3. The summed E-state index contributed by atoms with van der Waals surface area (Å²) in [6, 6.07) is 17.6. The van der Waals surface area contributed by atoms with Crippen molar-refractivity contribution in [3.05, 3.63) is 77.4 Å². The maximum atomic E-state index is 13.4. The molecule has 3 aromatic rings. The Morgan fingerprint density at radius 2 is 1.41 bits per heavy atom. The Balaban J connectivity index is 1.19. The predicted molar refractivity (Wildman–Crippen MR) is 147 cm³/mol. The molecule has 0 radical (unpaired) electrons. The molecule has 3 aliphatic rings. The number of rotatable bonds is 8. The monoisotopic (exact) mass is 526 g/mol. The SMILES string of the molecule is NC(=O)CC(c1ccc(OC2CCCC(OC3CCCC3)C2)cc1)N1C(=O)c2cc3ccccc3cc2C1=O. The smallest absolute Gasteiger partial charge is 0.262 e. The number of benzene rings is 3. The van der Waals surface area contributed by atoms with E-state index >= 15 is 0 Å². The summed E-state index contributed by atoms with van der Waals surface area (Å²) >= 11 is 0. The number of ether oxygens (including phenoxy) is 2. The highest BCUT2D eigenvalue weighted by Crippen LogP contribution is 2.36. The second kappa shape index (κ2) is 10.8. The lowest BCUT2D eigenvalue weighted by Gasteiger charge is -2.31. The summed E-state index contributed by atoms with van der Waals surface area (Å²) in [6.45, 7) is 0. The molecule has 6 rings (SSSR count). The molecule has 1 aliphatic heterocycles. The van der Waals surface area contributed by atoms with Gasteiger partial charge in [0.2, 0.25) is 5.91 Å². The van der Waals surface area contributed by atoms with Crippen LogP contribution in [0.2, 0.25) is 0 Å². The van der Waals surface area contributed by atoms with Gasteiger partial charge in [0.15, 0.2) is 0 Å². The molecule has 2 saturated carbocycles. The lowest BCUT2D eigenvalue weighted by Crippen LogP contribution is -2.36. The number of hydrogen-bond donors (Lipinski definition) is 1. The Morgan fingerprint density at radius 3 is 2.03 bits per heavy atom. The molecule has 39 heavy (non-hydrogen) atoms. The molecule has 3 amide bonds. The van der Waals surface area contributed by atoms with Gasteiger partial charge in [0.05, 0.1) is 35.8 Å². The normalized spacial score (nSPS) is 22.3. The summed E-state index contributed by atoms with van der Waals surface area (Å²) in [5, 5.41) is 1.76. The molecule has 2 aliphatic carbocycles. The van der Waals surface area contributed by atoms with Crippen LogP contribution in [0.3, 0.4) is 0 Å². The average Bonchev–Trinajstić information content (AvgIpc) is 3.53. The van der Waals surface area contributed by atoms with Gasteiger partial charge < -0.3 is 15.2 Å². The van der Waals surface area contributed by atoms with Gasteiger partial charge in [-0.2, -0.15) is 0 Å². The molecule has 2 N–H and O–H groups in total. The van der Waals surface area contributed by atoms with Crippen molar-refractivity contribution in [1.29, 1.82) is 0 Å². The highest BCUT2D eigenvalue weighted by atomic mass is 16.5. The number of nitrogens with two attached hydrogens (primary N) is 1. The molecule has 0 bridgehead atoms. The number of imide groups is 1. The number of amides is 3. The maximum absolute atomic E-state index is 13.4. The molecule has 2 fully saturated rings. The molecule has 3 aromatic carbocycles. The lowest BCUT2D eigenvalue weighted by atomic mass is 9.94. The predicted octanol–water partition coefficient (Wildman–Crippen LogP) is 5.70. The van der Waals surface area contributed by atoms with E-state index in [1.165, 1.54) is 30.6 Å². The lowest BCUT2D eigenvalue weighted by molar-refractivity contribution is -0.118. The zero-order valence-corrected chi connectivity index (χ0v) is 22.0. The molecule has 0 spiro atoms. The number of primary amides is 1. The average molecular weight is 527 g/mol. The maximum Gasteiger partial charge on any atom is 0.262 e. The second-order valence-corrected chi connectivity index (χ2v) is 11.1. The third kappa shape index (κ3) is 5.28. The minimum atomic E-state index is -0.800. The van der Waals surface area contributed by atoms with Gasteiger partial charge >= 0.3 is 0 Å². The zero-order valence-electron chi connectivity index (χ0n) is 22.0. The van der Waals surface area contributed by atoms with Gasteiger partial charge in [0, 0.05) is 6.42 Å². The van der Waals surface area contributed by atoms with Crippen LogP contribution in [0.5, 0.6) is 5.75 Å². The van der Waals surface area contributed by atoms with Gasteiger partial charge in [-0.15, -0.1) is 0 Å². The van der Waals surface area contributed by atoms with Crippen LogP contribution in [0.4, 0.5) is 0 Å². The van der Waals surface area contributed by atoms with Crippen LogP contribution < -0.4 is 10.5 Å². The first-order valence-corrected chi connectivity index (χ1v) is 14.1. The molecule has 7 heteroatoms. The molecule has 0 saturated heterocycles. The van der Waals surface area contributed by atoms with Crippen LogP contribution in [0, 0.1) is 0 Å². The topological polar surface area (TPSA) is 98.9 Å². The second-order valence-electron chi connectivity index (χ2n) is 11.1. The minimum absolute atomic E-state index is 0.0859. The Bertz CT molecular complexity index is 1340. The minimum Gasteiger partial charge on any atom is -0.490 e. The van der Waals surface area contributed by atoms with Gasteiger partial charge in [0.1, 0.15) is 11.9 Å². The van der Waals surface area contributed by atoms with Crippen molar-refractivity contribution >= 4 is 28.5 Å². The van der Waals surface area contributed by atoms with Crippen molar-refractivity contribution in [3.63, 3.8) is 0 Å². The molecule has 3 unspecified atom stereocenters. The van der Waals surface area contributed by atoms with Crippen LogP contribution in [0.1, 0.15) is 90.1 Å². The van der Waals surface area contributed by atoms with Crippen molar-refractivity contribution < 1.29 is 23.9 Å². The van der Waals surface area contributed by atoms with E-state index in [0.29, 0.717) is 22.8 Å². The first kappa shape index (κ1) is 25.6. The summed E-state index contributed by atoms with van der Waals surface area (Å²) in [7, 11) is 0. The summed E-state index contributed by atoms with van der Waals surface area (Å²) in [5.41, 5.74) is 6.93. The summed E-state index contributed by atoms with van der Waals surface area (Å²) in [4.78, 5) is 40.1. The van der Waals surface area contributed by atoms with Gasteiger partial charge in [-0.05, 0) is 72.7 Å². The third-order valence-electron chi connectivity index (χ3n) is 8.32.